The summed E-state index contributed by atoms with van der Waals surface area (Å²) < 4.78 is 2.53. The van der Waals surface area contributed by atoms with Crippen molar-refractivity contribution in [1.82, 2.24) is 4.57 Å². The van der Waals surface area contributed by atoms with E-state index in [1.807, 2.05) is 0 Å². The molecule has 0 radical (unpaired) electrons. The molecule has 0 aliphatic carbocycles. The van der Waals surface area contributed by atoms with Gasteiger partial charge < -0.3 is 4.57 Å². The molecule has 25 heavy (non-hydrogen) atoms. The number of nitrogens with zero attached hydrogens (tertiary/aromatic N) is 1. The van der Waals surface area contributed by atoms with Crippen molar-refractivity contribution in [2.24, 2.45) is 7.05 Å². The highest BCUT2D eigenvalue weighted by atomic mass is 28.3. The Morgan fingerprint density at radius 3 is 2.24 bits per heavy atom. The summed E-state index contributed by atoms with van der Waals surface area (Å²) in [6, 6.07) is 18.5. The molecule has 0 fully saturated rings. The number of aryl methyl sites for hydroxylation is 2. The Bertz CT molecular complexity index is 935. The SMILES string of the molecule is Cc1ccc([C@H]2[C@H]([SiH](C)C)c3c(c4ccccc4n3C)[Si]2(C)C)cc1. The van der Waals surface area contributed by atoms with Crippen molar-refractivity contribution < 1.29 is 0 Å². The van der Waals surface area contributed by atoms with Crippen LogP contribution in [0.5, 0.6) is 0 Å². The Hall–Kier alpha value is -1.59. The molecule has 130 valence electrons. The monoisotopic (exact) mass is 363 g/mol. The summed E-state index contributed by atoms with van der Waals surface area (Å²) in [7, 11) is -0.159. The van der Waals surface area contributed by atoms with E-state index in [4.69, 9.17) is 0 Å². The summed E-state index contributed by atoms with van der Waals surface area (Å²) in [5.41, 5.74) is 7.51. The topological polar surface area (TPSA) is 4.93 Å². The van der Waals surface area contributed by atoms with E-state index >= 15 is 0 Å². The van der Waals surface area contributed by atoms with Gasteiger partial charge in [0.25, 0.3) is 0 Å². The molecule has 0 bridgehead atoms. The smallest absolute Gasteiger partial charge is 0.0915 e. The lowest BCUT2D eigenvalue weighted by molar-refractivity contribution is 0.774. The van der Waals surface area contributed by atoms with E-state index in [1.54, 1.807) is 16.4 Å². The second kappa shape index (κ2) is 5.71. The second-order valence-corrected chi connectivity index (χ2v) is 16.5. The number of hydrogen-bond acceptors (Lipinski definition) is 0. The minimum atomic E-state index is -1.60. The maximum atomic E-state index is 2.61. The van der Waals surface area contributed by atoms with Crippen molar-refractivity contribution in [3.8, 4) is 0 Å². The molecule has 1 aliphatic heterocycles. The first kappa shape index (κ1) is 16.9. The minimum Gasteiger partial charge on any atom is -0.348 e. The number of fused-ring (bicyclic) bond motifs is 3. The zero-order valence-corrected chi connectivity index (χ0v) is 18.5. The van der Waals surface area contributed by atoms with Gasteiger partial charge in [0.2, 0.25) is 0 Å². The van der Waals surface area contributed by atoms with Gasteiger partial charge in [0.1, 0.15) is 0 Å². The van der Waals surface area contributed by atoms with Crippen LogP contribution in [-0.2, 0) is 7.05 Å². The van der Waals surface area contributed by atoms with Gasteiger partial charge >= 0.3 is 0 Å². The molecular weight excluding hydrogens is 334 g/mol. The predicted octanol–water partition coefficient (Wildman–Crippen LogP) is 4.85. The average Bonchev–Trinajstić information content (AvgIpc) is 3.00. The van der Waals surface area contributed by atoms with Crippen molar-refractivity contribution in [3.63, 3.8) is 0 Å². The number of aromatic nitrogens is 1. The third kappa shape index (κ3) is 2.32. The molecular formula is C22H29NSi2. The largest absolute Gasteiger partial charge is 0.348 e. The van der Waals surface area contributed by atoms with Gasteiger partial charge in [-0.05, 0) is 40.2 Å². The molecule has 0 spiro atoms. The first-order chi connectivity index (χ1) is 11.8. The fourth-order valence-corrected chi connectivity index (χ4v) is 14.4. The van der Waals surface area contributed by atoms with Gasteiger partial charge in [-0.3, -0.25) is 0 Å². The van der Waals surface area contributed by atoms with Gasteiger partial charge in [0.15, 0.2) is 0 Å². The van der Waals surface area contributed by atoms with Crippen molar-refractivity contribution in [3.05, 3.63) is 65.4 Å². The van der Waals surface area contributed by atoms with Crippen molar-refractivity contribution >= 4 is 33.0 Å². The van der Waals surface area contributed by atoms with Crippen LogP contribution in [0.15, 0.2) is 48.5 Å². The van der Waals surface area contributed by atoms with Crippen LogP contribution in [-0.4, -0.2) is 21.4 Å². The highest BCUT2D eigenvalue weighted by Crippen LogP contribution is 2.48. The molecule has 4 rings (SSSR count). The number of rotatable bonds is 2. The van der Waals surface area contributed by atoms with Gasteiger partial charge in [0.05, 0.1) is 8.07 Å². The van der Waals surface area contributed by atoms with Gasteiger partial charge in [-0.25, -0.2) is 0 Å². The molecule has 1 aliphatic rings. The average molecular weight is 364 g/mol. The zero-order chi connectivity index (χ0) is 17.9. The molecule has 0 unspecified atom stereocenters. The summed E-state index contributed by atoms with van der Waals surface area (Å²) in [6.07, 6.45) is 0. The van der Waals surface area contributed by atoms with Crippen LogP contribution in [0.25, 0.3) is 10.9 Å². The molecule has 0 saturated carbocycles. The number of benzene rings is 2. The Morgan fingerprint density at radius 1 is 0.960 bits per heavy atom. The molecule has 2 aromatic carbocycles. The maximum absolute atomic E-state index is 2.61. The lowest BCUT2D eigenvalue weighted by atomic mass is 10.1. The molecule has 2 atom stereocenters. The van der Waals surface area contributed by atoms with Crippen molar-refractivity contribution in [1.29, 1.82) is 0 Å². The zero-order valence-electron chi connectivity index (χ0n) is 16.3. The van der Waals surface area contributed by atoms with Crippen LogP contribution in [0.3, 0.4) is 0 Å². The first-order valence-electron chi connectivity index (χ1n) is 9.48. The highest BCUT2D eigenvalue weighted by Gasteiger charge is 2.52. The molecule has 0 N–H and O–H groups in total. The van der Waals surface area contributed by atoms with Crippen molar-refractivity contribution in [2.45, 2.75) is 44.2 Å². The Balaban J connectivity index is 2.01. The summed E-state index contributed by atoms with van der Waals surface area (Å²) in [5, 5.41) is 3.26. The number of para-hydroxylation sites is 1. The van der Waals surface area contributed by atoms with Crippen LogP contribution in [0, 0.1) is 6.92 Å². The fraction of sp³-hybridized carbons (Fsp3) is 0.364. The molecule has 1 aromatic heterocycles. The normalized spacial score (nSPS) is 21.9. The summed E-state index contributed by atoms with van der Waals surface area (Å²) in [5.74, 6) is 0. The van der Waals surface area contributed by atoms with Crippen LogP contribution < -0.4 is 5.19 Å². The third-order valence-electron chi connectivity index (χ3n) is 6.40. The van der Waals surface area contributed by atoms with Gasteiger partial charge in [0, 0.05) is 27.1 Å². The van der Waals surface area contributed by atoms with Crippen LogP contribution >= 0.6 is 0 Å². The summed E-state index contributed by atoms with van der Waals surface area (Å²) in [4.78, 5) is 0. The Morgan fingerprint density at radius 2 is 1.60 bits per heavy atom. The van der Waals surface area contributed by atoms with Gasteiger partial charge in [-0.2, -0.15) is 0 Å². The lowest BCUT2D eigenvalue weighted by Crippen LogP contribution is -2.44. The molecule has 0 saturated heterocycles. The highest BCUT2D eigenvalue weighted by molar-refractivity contribution is 6.95. The molecule has 2 heterocycles. The summed E-state index contributed by atoms with van der Waals surface area (Å²) >= 11 is 0. The van der Waals surface area contributed by atoms with Crippen LogP contribution in [0.2, 0.25) is 26.2 Å². The minimum absolute atomic E-state index is 0.723. The summed E-state index contributed by atoms with van der Waals surface area (Å²) in [6.45, 7) is 12.5. The molecule has 1 nitrogen and oxygen atoms in total. The molecule has 0 amide bonds. The van der Waals surface area contributed by atoms with Crippen molar-refractivity contribution in [2.75, 3.05) is 0 Å². The lowest BCUT2D eigenvalue weighted by Gasteiger charge is -2.33. The number of hydrogen-bond donors (Lipinski definition) is 0. The van der Waals surface area contributed by atoms with E-state index in [9.17, 15) is 0 Å². The van der Waals surface area contributed by atoms with Crippen LogP contribution in [0.1, 0.15) is 27.9 Å². The Kier molecular flexibility index (Phi) is 3.85. The van der Waals surface area contributed by atoms with Gasteiger partial charge in [-0.15, -0.1) is 0 Å². The van der Waals surface area contributed by atoms with Crippen LogP contribution in [0.4, 0.5) is 0 Å². The van der Waals surface area contributed by atoms with E-state index in [1.165, 1.54) is 16.5 Å². The Labute approximate surface area is 154 Å². The standard InChI is InChI=1S/C22H29NSi2/c1-15-11-13-16(14-12-15)21-20(24(3)4)19-22(25(21,5)6)17-9-7-8-10-18(17)23(19)2/h7-14,20-21,24H,1-6H3/t20-,21+/m1/s1. The quantitative estimate of drug-likeness (QED) is 0.574. The van der Waals surface area contributed by atoms with E-state index in [0.717, 1.165) is 11.1 Å². The third-order valence-corrected chi connectivity index (χ3v) is 13.0. The molecule has 3 aromatic rings. The molecule has 3 heteroatoms. The van der Waals surface area contributed by atoms with Gasteiger partial charge in [-0.1, -0.05) is 74.2 Å². The van der Waals surface area contributed by atoms with E-state index in [2.05, 4.69) is 93.3 Å². The first-order valence-corrected chi connectivity index (χ1v) is 15.5. The van der Waals surface area contributed by atoms with E-state index in [0.29, 0.717) is 0 Å². The fourth-order valence-electron chi connectivity index (χ4n) is 5.34. The maximum Gasteiger partial charge on any atom is 0.0915 e. The second-order valence-electron chi connectivity index (χ2n) is 8.72. The van der Waals surface area contributed by atoms with E-state index < -0.39 is 16.9 Å². The van der Waals surface area contributed by atoms with E-state index in [-0.39, 0.29) is 0 Å². The predicted molar refractivity (Wildman–Crippen MR) is 116 cm³/mol.